The maximum atomic E-state index is 9.35. The first-order valence-electron chi connectivity index (χ1n) is 10.1. The Balaban J connectivity index is 1.32. The summed E-state index contributed by atoms with van der Waals surface area (Å²) in [5, 5.41) is 14.9. The van der Waals surface area contributed by atoms with Crippen LogP contribution in [0.3, 0.4) is 0 Å². The number of benzene rings is 1. The van der Waals surface area contributed by atoms with E-state index in [0.717, 1.165) is 37.0 Å². The molecule has 2 bridgehead atoms. The molecule has 3 heterocycles. The standard InChI is InChI=1S/C21H23Cl2N3O2/c22-17-2-1-3-18(23)19(17)20-16(21(28-25-20)12-4-5-12)10-27-15-8-13-6-7-14(9-15)26(13)11-24/h1-3,12-16,21H,4-10H2/t13-,14+,15?,16?,21?. The van der Waals surface area contributed by atoms with Crippen LogP contribution in [-0.4, -0.2) is 41.5 Å². The van der Waals surface area contributed by atoms with E-state index in [9.17, 15) is 5.26 Å². The maximum absolute atomic E-state index is 9.35. The van der Waals surface area contributed by atoms with Crippen LogP contribution in [0.1, 0.15) is 44.1 Å². The average Bonchev–Trinajstić information content (AvgIpc) is 3.39. The van der Waals surface area contributed by atoms with E-state index < -0.39 is 0 Å². The Labute approximate surface area is 175 Å². The molecule has 1 aliphatic carbocycles. The van der Waals surface area contributed by atoms with Crippen molar-refractivity contribution in [1.29, 1.82) is 5.26 Å². The highest BCUT2D eigenvalue weighted by atomic mass is 35.5. The molecule has 5 atom stereocenters. The molecule has 0 aromatic heterocycles. The molecule has 3 unspecified atom stereocenters. The Morgan fingerprint density at radius 1 is 1.14 bits per heavy atom. The molecule has 0 N–H and O–H groups in total. The molecule has 2 saturated heterocycles. The lowest BCUT2D eigenvalue weighted by molar-refractivity contribution is -0.0371. The van der Waals surface area contributed by atoms with Crippen LogP contribution in [0.2, 0.25) is 10.0 Å². The molecule has 1 saturated carbocycles. The third-order valence-electron chi connectivity index (χ3n) is 6.64. The van der Waals surface area contributed by atoms with Crippen LogP contribution in [0.25, 0.3) is 0 Å². The van der Waals surface area contributed by atoms with E-state index in [2.05, 4.69) is 11.3 Å². The van der Waals surface area contributed by atoms with Gasteiger partial charge in [0, 0.05) is 17.6 Å². The summed E-state index contributed by atoms with van der Waals surface area (Å²) < 4.78 is 6.40. The van der Waals surface area contributed by atoms with Gasteiger partial charge in [-0.25, -0.2) is 0 Å². The minimum absolute atomic E-state index is 0.0385. The maximum Gasteiger partial charge on any atom is 0.179 e. The summed E-state index contributed by atoms with van der Waals surface area (Å²) in [7, 11) is 0. The summed E-state index contributed by atoms with van der Waals surface area (Å²) in [6, 6.07) is 6.18. The van der Waals surface area contributed by atoms with E-state index in [1.54, 1.807) is 0 Å². The van der Waals surface area contributed by atoms with Crippen LogP contribution in [0.15, 0.2) is 23.4 Å². The highest BCUT2D eigenvalue weighted by molar-refractivity contribution is 6.40. The number of oxime groups is 1. The summed E-state index contributed by atoms with van der Waals surface area (Å²) in [5.74, 6) is 0.573. The normalized spacial score (nSPS) is 34.1. The van der Waals surface area contributed by atoms with E-state index in [-0.39, 0.29) is 18.1 Å². The van der Waals surface area contributed by atoms with E-state index in [0.29, 0.717) is 34.7 Å². The number of fused-ring (bicyclic) bond motifs is 2. The number of hydrogen-bond donors (Lipinski definition) is 0. The number of piperidine rings is 1. The minimum Gasteiger partial charge on any atom is -0.391 e. The fourth-order valence-corrected chi connectivity index (χ4v) is 5.66. The van der Waals surface area contributed by atoms with E-state index in [1.807, 2.05) is 23.1 Å². The quantitative estimate of drug-likeness (QED) is 0.653. The number of ether oxygens (including phenoxy) is 1. The topological polar surface area (TPSA) is 57.9 Å². The second-order valence-corrected chi connectivity index (χ2v) is 9.22. The van der Waals surface area contributed by atoms with Crippen LogP contribution in [0, 0.1) is 23.3 Å². The van der Waals surface area contributed by atoms with E-state index in [1.165, 1.54) is 12.8 Å². The van der Waals surface area contributed by atoms with Crippen LogP contribution in [0.5, 0.6) is 0 Å². The largest absolute Gasteiger partial charge is 0.391 e. The summed E-state index contributed by atoms with van der Waals surface area (Å²) in [6.07, 6.45) is 8.97. The molecule has 7 heteroatoms. The van der Waals surface area contributed by atoms with Gasteiger partial charge < -0.3 is 14.5 Å². The van der Waals surface area contributed by atoms with Crippen molar-refractivity contribution in [3.05, 3.63) is 33.8 Å². The Hall–Kier alpha value is -1.48. The van der Waals surface area contributed by atoms with Crippen molar-refractivity contribution in [1.82, 2.24) is 4.90 Å². The first-order valence-corrected chi connectivity index (χ1v) is 10.9. The molecule has 0 spiro atoms. The summed E-state index contributed by atoms with van der Waals surface area (Å²) in [5.41, 5.74) is 1.58. The Bertz CT molecular complexity index is 801. The highest BCUT2D eigenvalue weighted by Crippen LogP contribution is 2.44. The molecule has 0 amide bonds. The summed E-state index contributed by atoms with van der Waals surface area (Å²) in [4.78, 5) is 7.81. The fraction of sp³-hybridized carbons (Fsp3) is 0.619. The second kappa shape index (κ2) is 7.40. The number of nitriles is 1. The fourth-order valence-electron chi connectivity index (χ4n) is 5.07. The van der Waals surface area contributed by atoms with Crippen LogP contribution >= 0.6 is 23.2 Å². The van der Waals surface area contributed by atoms with Gasteiger partial charge in [0.05, 0.1) is 34.4 Å². The Morgan fingerprint density at radius 3 is 2.43 bits per heavy atom. The lowest BCUT2D eigenvalue weighted by Gasteiger charge is -2.35. The van der Waals surface area contributed by atoms with Crippen molar-refractivity contribution in [2.24, 2.45) is 17.0 Å². The molecule has 5 nitrogen and oxygen atoms in total. The first-order chi connectivity index (χ1) is 13.7. The average molecular weight is 420 g/mol. The number of rotatable bonds is 5. The summed E-state index contributed by atoms with van der Waals surface area (Å²) in [6.45, 7) is 0.554. The third kappa shape index (κ3) is 3.26. The van der Waals surface area contributed by atoms with Crippen molar-refractivity contribution in [3.63, 3.8) is 0 Å². The van der Waals surface area contributed by atoms with Gasteiger partial charge in [0.2, 0.25) is 0 Å². The van der Waals surface area contributed by atoms with Crippen LogP contribution in [-0.2, 0) is 9.57 Å². The van der Waals surface area contributed by atoms with Crippen molar-refractivity contribution in [3.8, 4) is 6.19 Å². The van der Waals surface area contributed by atoms with Gasteiger partial charge in [0.1, 0.15) is 6.10 Å². The zero-order chi connectivity index (χ0) is 19.3. The Morgan fingerprint density at radius 2 is 1.82 bits per heavy atom. The van der Waals surface area contributed by atoms with Crippen molar-refractivity contribution in [2.75, 3.05) is 6.61 Å². The lowest BCUT2D eigenvalue weighted by Crippen LogP contribution is -2.43. The highest BCUT2D eigenvalue weighted by Gasteiger charge is 2.47. The molecule has 28 heavy (non-hydrogen) atoms. The molecule has 4 aliphatic rings. The third-order valence-corrected chi connectivity index (χ3v) is 7.27. The molecular weight excluding hydrogens is 397 g/mol. The lowest BCUT2D eigenvalue weighted by atomic mass is 9.90. The Kier molecular flexibility index (Phi) is 4.90. The molecule has 0 radical (unpaired) electrons. The van der Waals surface area contributed by atoms with Gasteiger partial charge in [0.15, 0.2) is 6.19 Å². The number of nitrogens with zero attached hydrogens (tertiary/aromatic N) is 3. The zero-order valence-corrected chi connectivity index (χ0v) is 17.1. The van der Waals surface area contributed by atoms with E-state index >= 15 is 0 Å². The number of hydrogen-bond acceptors (Lipinski definition) is 5. The van der Waals surface area contributed by atoms with Crippen LogP contribution < -0.4 is 0 Å². The molecule has 3 aliphatic heterocycles. The smallest absolute Gasteiger partial charge is 0.179 e. The molecule has 5 rings (SSSR count). The van der Waals surface area contributed by atoms with Gasteiger partial charge in [-0.15, -0.1) is 0 Å². The van der Waals surface area contributed by atoms with Gasteiger partial charge in [-0.2, -0.15) is 5.26 Å². The molecule has 1 aromatic carbocycles. The van der Waals surface area contributed by atoms with Crippen molar-refractivity contribution in [2.45, 2.75) is 62.8 Å². The molecule has 1 aromatic rings. The van der Waals surface area contributed by atoms with Crippen molar-refractivity contribution >= 4 is 28.9 Å². The van der Waals surface area contributed by atoms with Crippen LogP contribution in [0.4, 0.5) is 0 Å². The zero-order valence-electron chi connectivity index (χ0n) is 15.6. The SMILES string of the molecule is N#CN1[C@@H]2CC[C@H]1CC(OCC1C(c3c(Cl)cccc3Cl)=NOC1C1CC1)C2. The van der Waals surface area contributed by atoms with Gasteiger partial charge >= 0.3 is 0 Å². The monoisotopic (exact) mass is 419 g/mol. The summed E-state index contributed by atoms with van der Waals surface area (Å²) >= 11 is 12.9. The molecular formula is C21H23Cl2N3O2. The van der Waals surface area contributed by atoms with Gasteiger partial charge in [-0.05, 0) is 56.6 Å². The second-order valence-electron chi connectivity index (χ2n) is 8.41. The minimum atomic E-state index is 0.0385. The first kappa shape index (κ1) is 18.5. The van der Waals surface area contributed by atoms with Gasteiger partial charge in [0.25, 0.3) is 0 Å². The predicted octanol–water partition coefficient (Wildman–Crippen LogP) is 4.62. The van der Waals surface area contributed by atoms with Gasteiger partial charge in [-0.3, -0.25) is 0 Å². The predicted molar refractivity (Wildman–Crippen MR) is 107 cm³/mol. The molecule has 3 fully saturated rings. The van der Waals surface area contributed by atoms with Crippen molar-refractivity contribution < 1.29 is 9.57 Å². The number of halogens is 2. The van der Waals surface area contributed by atoms with Gasteiger partial charge in [-0.1, -0.05) is 34.4 Å². The van der Waals surface area contributed by atoms with E-state index in [4.69, 9.17) is 32.8 Å². The molecule has 148 valence electrons.